The predicted octanol–water partition coefficient (Wildman–Crippen LogP) is 4.73. The quantitative estimate of drug-likeness (QED) is 0.593. The van der Waals surface area contributed by atoms with Gasteiger partial charge in [0.2, 0.25) is 0 Å². The minimum absolute atomic E-state index is 0.794. The van der Waals surface area contributed by atoms with E-state index >= 15 is 0 Å². The van der Waals surface area contributed by atoms with Gasteiger partial charge >= 0.3 is 0 Å². The highest BCUT2D eigenvalue weighted by atomic mass is 79.9. The highest BCUT2D eigenvalue weighted by Crippen LogP contribution is 2.22. The predicted molar refractivity (Wildman–Crippen MR) is 86.1 cm³/mol. The maximum atomic E-state index is 4.63. The summed E-state index contributed by atoms with van der Waals surface area (Å²) in [6.45, 7) is 0. The molecule has 0 N–H and O–H groups in total. The van der Waals surface area contributed by atoms with Crippen LogP contribution < -0.4 is 0 Å². The van der Waals surface area contributed by atoms with Crippen molar-refractivity contribution in [1.29, 1.82) is 0 Å². The molecule has 0 atom stereocenters. The minimum Gasteiger partial charge on any atom is -0.245 e. The van der Waals surface area contributed by atoms with E-state index in [-0.39, 0.29) is 0 Å². The molecule has 3 rings (SSSR count). The van der Waals surface area contributed by atoms with Gasteiger partial charge in [-0.05, 0) is 68.3 Å². The molecule has 0 aromatic carbocycles. The second-order valence-electron chi connectivity index (χ2n) is 4.10. The molecule has 0 spiro atoms. The lowest BCUT2D eigenvalue weighted by atomic mass is 10.2. The zero-order valence-electron chi connectivity index (χ0n) is 10.3. The average Bonchev–Trinajstić information content (AvgIpc) is 2.47. The molecule has 3 heterocycles. The monoisotopic (exact) mass is 389 g/mol. The van der Waals surface area contributed by atoms with Gasteiger partial charge in [-0.1, -0.05) is 18.2 Å². The first-order valence-electron chi connectivity index (χ1n) is 5.95. The summed E-state index contributed by atoms with van der Waals surface area (Å²) < 4.78 is 1.59. The SMILES string of the molecule is Brc1cccc(-c2cccc(-c3cccc(Br)n3)n2)n1. The van der Waals surface area contributed by atoms with Gasteiger partial charge in [0.15, 0.2) is 0 Å². The van der Waals surface area contributed by atoms with Crippen molar-refractivity contribution in [3.05, 3.63) is 63.8 Å². The molecule has 3 aromatic rings. The van der Waals surface area contributed by atoms with E-state index in [1.54, 1.807) is 0 Å². The second-order valence-corrected chi connectivity index (χ2v) is 5.72. The van der Waals surface area contributed by atoms with Crippen LogP contribution in [0.2, 0.25) is 0 Å². The summed E-state index contributed by atoms with van der Waals surface area (Å²) >= 11 is 6.75. The molecule has 0 saturated heterocycles. The number of pyridine rings is 3. The maximum absolute atomic E-state index is 4.63. The second kappa shape index (κ2) is 5.81. The molecule has 0 aliphatic rings. The van der Waals surface area contributed by atoms with Gasteiger partial charge in [0.25, 0.3) is 0 Å². The van der Waals surface area contributed by atoms with Crippen LogP contribution in [0.4, 0.5) is 0 Å². The van der Waals surface area contributed by atoms with Crippen LogP contribution in [0.5, 0.6) is 0 Å². The Morgan fingerprint density at radius 2 is 0.850 bits per heavy atom. The third kappa shape index (κ3) is 2.94. The van der Waals surface area contributed by atoms with Gasteiger partial charge in [-0.2, -0.15) is 0 Å². The van der Waals surface area contributed by atoms with Crippen LogP contribution in [0.1, 0.15) is 0 Å². The number of aromatic nitrogens is 3. The first-order valence-corrected chi connectivity index (χ1v) is 7.54. The van der Waals surface area contributed by atoms with Crippen LogP contribution in [0.25, 0.3) is 22.8 Å². The van der Waals surface area contributed by atoms with E-state index in [1.807, 2.05) is 54.6 Å². The largest absolute Gasteiger partial charge is 0.245 e. The molecule has 0 aliphatic heterocycles. The van der Waals surface area contributed by atoms with E-state index in [2.05, 4.69) is 46.8 Å². The summed E-state index contributed by atoms with van der Waals surface area (Å²) in [4.78, 5) is 13.5. The van der Waals surface area contributed by atoms with Crippen molar-refractivity contribution < 1.29 is 0 Å². The summed E-state index contributed by atoms with van der Waals surface area (Å²) in [5.74, 6) is 0. The molecule has 0 unspecified atom stereocenters. The fourth-order valence-electron chi connectivity index (χ4n) is 1.82. The Morgan fingerprint density at radius 3 is 1.25 bits per heavy atom. The molecule has 98 valence electrons. The zero-order chi connectivity index (χ0) is 13.9. The summed E-state index contributed by atoms with van der Waals surface area (Å²) in [7, 11) is 0. The Hall–Kier alpha value is -1.59. The van der Waals surface area contributed by atoms with Gasteiger partial charge in [0.05, 0.1) is 22.8 Å². The van der Waals surface area contributed by atoms with E-state index in [0.29, 0.717) is 0 Å². The van der Waals surface area contributed by atoms with E-state index in [1.165, 1.54) is 0 Å². The molecule has 0 fully saturated rings. The molecule has 3 nitrogen and oxygen atoms in total. The molecule has 0 radical (unpaired) electrons. The van der Waals surface area contributed by atoms with Crippen molar-refractivity contribution in [1.82, 2.24) is 15.0 Å². The van der Waals surface area contributed by atoms with Gasteiger partial charge < -0.3 is 0 Å². The molecule has 0 amide bonds. The number of halogens is 2. The van der Waals surface area contributed by atoms with E-state index in [0.717, 1.165) is 32.0 Å². The average molecular weight is 391 g/mol. The summed E-state index contributed by atoms with van der Waals surface area (Å²) in [6.07, 6.45) is 0. The van der Waals surface area contributed by atoms with Crippen molar-refractivity contribution in [3.8, 4) is 22.8 Å². The van der Waals surface area contributed by atoms with Crippen LogP contribution in [0.3, 0.4) is 0 Å². The van der Waals surface area contributed by atoms with Crippen molar-refractivity contribution in [3.63, 3.8) is 0 Å². The van der Waals surface area contributed by atoms with E-state index < -0.39 is 0 Å². The van der Waals surface area contributed by atoms with Crippen LogP contribution in [-0.4, -0.2) is 15.0 Å². The van der Waals surface area contributed by atoms with Crippen LogP contribution in [-0.2, 0) is 0 Å². The molecule has 5 heteroatoms. The van der Waals surface area contributed by atoms with Crippen molar-refractivity contribution >= 4 is 31.9 Å². The van der Waals surface area contributed by atoms with E-state index in [9.17, 15) is 0 Å². The highest BCUT2D eigenvalue weighted by molar-refractivity contribution is 9.10. The first kappa shape index (κ1) is 13.4. The molecule has 0 aliphatic carbocycles. The van der Waals surface area contributed by atoms with Gasteiger partial charge in [-0.3, -0.25) is 0 Å². The third-order valence-corrected chi connectivity index (χ3v) is 3.59. The molecular formula is C15H9Br2N3. The van der Waals surface area contributed by atoms with Crippen molar-refractivity contribution in [2.45, 2.75) is 0 Å². The van der Waals surface area contributed by atoms with Crippen LogP contribution >= 0.6 is 31.9 Å². The molecule has 0 saturated carbocycles. The smallest absolute Gasteiger partial charge is 0.106 e. The third-order valence-electron chi connectivity index (χ3n) is 2.70. The lowest BCUT2D eigenvalue weighted by molar-refractivity contribution is 1.19. The summed E-state index contributed by atoms with van der Waals surface area (Å²) in [6, 6.07) is 17.4. The summed E-state index contributed by atoms with van der Waals surface area (Å²) in [5, 5.41) is 0. The molecular weight excluding hydrogens is 382 g/mol. The first-order chi connectivity index (χ1) is 9.72. The van der Waals surface area contributed by atoms with E-state index in [4.69, 9.17) is 0 Å². The van der Waals surface area contributed by atoms with Gasteiger partial charge in [0.1, 0.15) is 9.21 Å². The Morgan fingerprint density at radius 1 is 0.500 bits per heavy atom. The number of nitrogens with zero attached hydrogens (tertiary/aromatic N) is 3. The van der Waals surface area contributed by atoms with Crippen molar-refractivity contribution in [2.75, 3.05) is 0 Å². The fourth-order valence-corrected chi connectivity index (χ4v) is 2.51. The minimum atomic E-state index is 0.794. The lowest BCUT2D eigenvalue weighted by Crippen LogP contribution is -1.92. The molecule has 20 heavy (non-hydrogen) atoms. The highest BCUT2D eigenvalue weighted by Gasteiger charge is 2.06. The Balaban J connectivity index is 2.06. The van der Waals surface area contributed by atoms with Crippen LogP contribution in [0.15, 0.2) is 63.8 Å². The Labute approximate surface area is 133 Å². The maximum Gasteiger partial charge on any atom is 0.106 e. The van der Waals surface area contributed by atoms with Gasteiger partial charge in [0, 0.05) is 0 Å². The molecule has 3 aromatic heterocycles. The number of rotatable bonds is 2. The number of hydrogen-bond acceptors (Lipinski definition) is 3. The summed E-state index contributed by atoms with van der Waals surface area (Å²) in [5.41, 5.74) is 3.31. The van der Waals surface area contributed by atoms with Crippen molar-refractivity contribution in [2.24, 2.45) is 0 Å². The number of hydrogen-bond donors (Lipinski definition) is 0. The van der Waals surface area contributed by atoms with Gasteiger partial charge in [-0.25, -0.2) is 15.0 Å². The Kier molecular flexibility index (Phi) is 3.89. The lowest BCUT2D eigenvalue weighted by Gasteiger charge is -2.04. The molecule has 0 bridgehead atoms. The topological polar surface area (TPSA) is 38.7 Å². The standard InChI is InChI=1S/C15H9Br2N3/c16-14-8-2-6-12(19-14)10-4-1-5-11(18-10)13-7-3-9-15(17)20-13/h1-9H. The normalized spacial score (nSPS) is 10.5. The zero-order valence-corrected chi connectivity index (χ0v) is 13.5. The Bertz CT molecular complexity index is 699. The van der Waals surface area contributed by atoms with Crippen LogP contribution in [0, 0.1) is 0 Å². The fraction of sp³-hybridized carbons (Fsp3) is 0. The van der Waals surface area contributed by atoms with Gasteiger partial charge in [-0.15, -0.1) is 0 Å².